The predicted molar refractivity (Wildman–Crippen MR) is 109 cm³/mol. The van der Waals surface area contributed by atoms with E-state index in [1.807, 2.05) is 12.1 Å². The highest BCUT2D eigenvalue weighted by molar-refractivity contribution is 9.13. The molecule has 27 heavy (non-hydrogen) atoms. The summed E-state index contributed by atoms with van der Waals surface area (Å²) in [5, 5.41) is 19.0. The second-order valence-corrected chi connectivity index (χ2v) is 6.71. The third-order valence-electron chi connectivity index (χ3n) is 3.51. The first-order valence-electron chi connectivity index (χ1n) is 7.65. The summed E-state index contributed by atoms with van der Waals surface area (Å²) < 4.78 is 12.3. The van der Waals surface area contributed by atoms with Gasteiger partial charge in [-0.3, -0.25) is 4.79 Å². The molecule has 9 heteroatoms. The highest BCUT2D eigenvalue weighted by Gasteiger charge is 2.25. The molecule has 0 spiro atoms. The fourth-order valence-corrected chi connectivity index (χ4v) is 3.44. The maximum Gasteiger partial charge on any atom is 0.268 e. The molecule has 0 fully saturated rings. The Morgan fingerprint density at radius 3 is 2.48 bits per heavy atom. The Hall–Kier alpha value is -2.75. The van der Waals surface area contributed by atoms with Gasteiger partial charge < -0.3 is 20.2 Å². The quantitative estimate of drug-likeness (QED) is 0.588. The van der Waals surface area contributed by atoms with Gasteiger partial charge in [-0.2, -0.15) is 10.5 Å². The summed E-state index contributed by atoms with van der Waals surface area (Å²) in [5.74, 6) is 0.669. The summed E-state index contributed by atoms with van der Waals surface area (Å²) >= 11 is 6.88. The number of nitrogens with zero attached hydrogens (tertiary/aromatic N) is 2. The van der Waals surface area contributed by atoms with Gasteiger partial charge in [0.05, 0.1) is 11.1 Å². The van der Waals surface area contributed by atoms with E-state index in [9.17, 15) is 15.3 Å². The summed E-state index contributed by atoms with van der Waals surface area (Å²) in [7, 11) is 0. The van der Waals surface area contributed by atoms with E-state index in [0.717, 1.165) is 0 Å². The van der Waals surface area contributed by atoms with Gasteiger partial charge in [-0.05, 0) is 44.8 Å². The molecule has 0 atom stereocenters. The van der Waals surface area contributed by atoms with Crippen LogP contribution < -0.4 is 20.8 Å². The van der Waals surface area contributed by atoms with E-state index in [-0.39, 0.29) is 29.1 Å². The Balaban J connectivity index is 2.93. The number of pyridine rings is 1. The molecule has 3 N–H and O–H groups in total. The van der Waals surface area contributed by atoms with Crippen LogP contribution in [0.2, 0.25) is 0 Å². The first kappa shape index (κ1) is 20.6. The van der Waals surface area contributed by atoms with Gasteiger partial charge in [0.25, 0.3) is 5.56 Å². The Bertz CT molecular complexity index is 1050. The fourth-order valence-electron chi connectivity index (χ4n) is 2.42. The minimum Gasteiger partial charge on any atom is -0.490 e. The first-order chi connectivity index (χ1) is 12.9. The van der Waals surface area contributed by atoms with Crippen molar-refractivity contribution in [3.05, 3.63) is 49.1 Å². The van der Waals surface area contributed by atoms with E-state index < -0.39 is 5.56 Å². The smallest absolute Gasteiger partial charge is 0.268 e. The second kappa shape index (κ2) is 8.76. The molecular formula is C18H14Br2N4O3. The fraction of sp³-hybridized carbons (Fsp3) is 0.167. The molecule has 0 unspecified atom stereocenters. The largest absolute Gasteiger partial charge is 0.490 e. The standard InChI is InChI=1S/C18H14Br2N4O3/c1-3-5-27-16-12(26-4-2)6-9(14(19)15(16)20)13-10(7-21)17(23)24-18(25)11(13)8-22/h3,6H,1,4-5H2,2H3,(H3,23,24,25). The molecule has 0 amide bonds. The lowest BCUT2D eigenvalue weighted by Gasteiger charge is -2.18. The summed E-state index contributed by atoms with van der Waals surface area (Å²) in [6, 6.07) is 5.37. The molecule has 0 radical (unpaired) electrons. The normalized spacial score (nSPS) is 9.96. The van der Waals surface area contributed by atoms with Gasteiger partial charge in [0.1, 0.15) is 35.7 Å². The third-order valence-corrected chi connectivity index (χ3v) is 5.62. The van der Waals surface area contributed by atoms with Crippen LogP contribution in [0.25, 0.3) is 11.1 Å². The van der Waals surface area contributed by atoms with E-state index in [4.69, 9.17) is 15.2 Å². The molecule has 0 aliphatic carbocycles. The molecule has 7 nitrogen and oxygen atoms in total. The van der Waals surface area contributed by atoms with Crippen LogP contribution in [0.3, 0.4) is 0 Å². The van der Waals surface area contributed by atoms with Crippen molar-refractivity contribution in [1.29, 1.82) is 10.5 Å². The number of anilines is 1. The number of aromatic nitrogens is 1. The van der Waals surface area contributed by atoms with Crippen LogP contribution in [0.4, 0.5) is 5.82 Å². The highest BCUT2D eigenvalue weighted by atomic mass is 79.9. The van der Waals surface area contributed by atoms with Crippen LogP contribution in [-0.4, -0.2) is 18.2 Å². The number of benzene rings is 1. The zero-order valence-electron chi connectivity index (χ0n) is 14.2. The van der Waals surface area contributed by atoms with Gasteiger partial charge in [-0.15, -0.1) is 0 Å². The van der Waals surface area contributed by atoms with Crippen LogP contribution in [-0.2, 0) is 0 Å². The van der Waals surface area contributed by atoms with Crippen LogP contribution in [0.15, 0.2) is 32.5 Å². The van der Waals surface area contributed by atoms with Crippen LogP contribution in [0.5, 0.6) is 11.5 Å². The number of hydrogen-bond acceptors (Lipinski definition) is 6. The average Bonchev–Trinajstić information content (AvgIpc) is 2.64. The zero-order valence-corrected chi connectivity index (χ0v) is 17.4. The van der Waals surface area contributed by atoms with E-state index >= 15 is 0 Å². The summed E-state index contributed by atoms with van der Waals surface area (Å²) in [6.45, 7) is 6.02. The SMILES string of the molecule is C=CCOc1c(OCC)cc(-c2c(C#N)c(N)[nH]c(=O)c2C#N)c(Br)c1Br. The summed E-state index contributed by atoms with van der Waals surface area (Å²) in [6.07, 6.45) is 1.59. The molecule has 0 bridgehead atoms. The lowest BCUT2D eigenvalue weighted by Crippen LogP contribution is -2.16. The number of nitrogen functional groups attached to an aromatic ring is 1. The Labute approximate surface area is 172 Å². The molecule has 1 heterocycles. The molecule has 1 aromatic heterocycles. The Kier molecular flexibility index (Phi) is 6.67. The third kappa shape index (κ3) is 3.85. The Morgan fingerprint density at radius 2 is 1.93 bits per heavy atom. The van der Waals surface area contributed by atoms with Crippen molar-refractivity contribution < 1.29 is 9.47 Å². The minimum atomic E-state index is -0.683. The lowest BCUT2D eigenvalue weighted by molar-refractivity contribution is 0.295. The van der Waals surface area contributed by atoms with Crippen LogP contribution >= 0.6 is 31.9 Å². The number of ether oxygens (including phenoxy) is 2. The number of nitrogens with two attached hydrogens (primary N) is 1. The van der Waals surface area contributed by atoms with E-state index in [1.165, 1.54) is 0 Å². The second-order valence-electron chi connectivity index (χ2n) is 5.13. The number of halogens is 2. The summed E-state index contributed by atoms with van der Waals surface area (Å²) in [4.78, 5) is 14.5. The maximum atomic E-state index is 12.2. The van der Waals surface area contributed by atoms with Crippen molar-refractivity contribution in [1.82, 2.24) is 4.98 Å². The highest BCUT2D eigenvalue weighted by Crippen LogP contribution is 2.47. The number of H-pyrrole nitrogens is 1. The van der Waals surface area contributed by atoms with Crippen molar-refractivity contribution in [3.63, 3.8) is 0 Å². The molecule has 2 aromatic rings. The van der Waals surface area contributed by atoms with Crippen molar-refractivity contribution >= 4 is 37.7 Å². The number of aromatic amines is 1. The van der Waals surface area contributed by atoms with Gasteiger partial charge in [0.15, 0.2) is 11.5 Å². The number of nitrogens with one attached hydrogen (secondary N) is 1. The van der Waals surface area contributed by atoms with Crippen molar-refractivity contribution in [2.75, 3.05) is 18.9 Å². The van der Waals surface area contributed by atoms with Gasteiger partial charge >= 0.3 is 0 Å². The van der Waals surface area contributed by atoms with Crippen molar-refractivity contribution in [2.24, 2.45) is 0 Å². The molecule has 2 rings (SSSR count). The molecule has 0 aliphatic heterocycles. The van der Waals surface area contributed by atoms with Gasteiger partial charge in [-0.25, -0.2) is 0 Å². The van der Waals surface area contributed by atoms with Gasteiger partial charge in [0, 0.05) is 15.6 Å². The topological polar surface area (TPSA) is 125 Å². The lowest BCUT2D eigenvalue weighted by atomic mass is 9.96. The molecular weight excluding hydrogens is 480 g/mol. The molecule has 0 saturated heterocycles. The number of nitriles is 2. The van der Waals surface area contributed by atoms with Crippen molar-refractivity contribution in [2.45, 2.75) is 6.92 Å². The summed E-state index contributed by atoms with van der Waals surface area (Å²) in [5.41, 5.74) is 5.38. The average molecular weight is 494 g/mol. The predicted octanol–water partition coefficient (Wildman–Crippen LogP) is 3.86. The number of hydrogen-bond donors (Lipinski definition) is 2. The van der Waals surface area contributed by atoms with E-state index in [0.29, 0.717) is 32.6 Å². The molecule has 1 aromatic carbocycles. The minimum absolute atomic E-state index is 0.0130. The van der Waals surface area contributed by atoms with Crippen molar-refractivity contribution in [3.8, 4) is 34.8 Å². The number of rotatable bonds is 6. The van der Waals surface area contributed by atoms with E-state index in [2.05, 4.69) is 43.4 Å². The maximum absolute atomic E-state index is 12.2. The van der Waals surface area contributed by atoms with Crippen LogP contribution in [0.1, 0.15) is 18.1 Å². The Morgan fingerprint density at radius 1 is 1.26 bits per heavy atom. The van der Waals surface area contributed by atoms with Gasteiger partial charge in [0.2, 0.25) is 0 Å². The molecule has 0 saturated carbocycles. The zero-order chi connectivity index (χ0) is 20.1. The van der Waals surface area contributed by atoms with E-state index in [1.54, 1.807) is 19.1 Å². The monoisotopic (exact) mass is 492 g/mol. The van der Waals surface area contributed by atoms with Gasteiger partial charge in [-0.1, -0.05) is 12.7 Å². The van der Waals surface area contributed by atoms with Crippen LogP contribution in [0, 0.1) is 22.7 Å². The molecule has 0 aliphatic rings. The molecule has 138 valence electrons. The first-order valence-corrected chi connectivity index (χ1v) is 9.24.